The molecule has 1 aromatic carbocycles. The number of carbonyl (C=O) groups excluding carboxylic acids is 1. The number of ketones is 1. The summed E-state index contributed by atoms with van der Waals surface area (Å²) in [6.45, 7) is 1.69. The summed E-state index contributed by atoms with van der Waals surface area (Å²) < 4.78 is 18.7. The summed E-state index contributed by atoms with van der Waals surface area (Å²) in [5, 5.41) is 9.01. The first-order valence-electron chi connectivity index (χ1n) is 5.93. The first-order chi connectivity index (χ1) is 8.70. The van der Waals surface area contributed by atoms with Gasteiger partial charge in [0.25, 0.3) is 0 Å². The quantitative estimate of drug-likeness (QED) is 0.803. The molecule has 1 N–H and O–H groups in total. The molecule has 1 aromatic rings. The number of morpholine rings is 1. The molecule has 0 saturated carbocycles. The van der Waals surface area contributed by atoms with E-state index in [-0.39, 0.29) is 30.6 Å². The third kappa shape index (κ3) is 3.13. The Morgan fingerprint density at radius 3 is 3.00 bits per heavy atom. The normalized spacial score (nSPS) is 20.9. The Hall–Kier alpha value is -1.30. The van der Waals surface area contributed by atoms with Gasteiger partial charge in [0.1, 0.15) is 5.82 Å². The highest BCUT2D eigenvalue weighted by molar-refractivity contribution is 5.97. The van der Waals surface area contributed by atoms with E-state index in [1.807, 2.05) is 4.90 Å². The van der Waals surface area contributed by atoms with Crippen molar-refractivity contribution in [2.24, 2.45) is 0 Å². The second-order valence-electron chi connectivity index (χ2n) is 4.31. The number of hydrogen-bond acceptors (Lipinski definition) is 4. The van der Waals surface area contributed by atoms with Gasteiger partial charge in [-0.05, 0) is 12.1 Å². The van der Waals surface area contributed by atoms with Crippen LogP contribution in [0.1, 0.15) is 10.4 Å². The molecular weight excluding hydrogens is 237 g/mol. The van der Waals surface area contributed by atoms with E-state index in [1.165, 1.54) is 12.1 Å². The summed E-state index contributed by atoms with van der Waals surface area (Å²) in [6, 6.07) is 5.97. The van der Waals surface area contributed by atoms with Gasteiger partial charge in [0, 0.05) is 13.1 Å². The van der Waals surface area contributed by atoms with E-state index in [0.717, 1.165) is 0 Å². The molecule has 0 spiro atoms. The van der Waals surface area contributed by atoms with Gasteiger partial charge in [0.05, 0.1) is 31.4 Å². The molecule has 0 bridgehead atoms. The third-order valence-electron chi connectivity index (χ3n) is 2.97. The van der Waals surface area contributed by atoms with Crippen LogP contribution in [0.5, 0.6) is 0 Å². The van der Waals surface area contributed by atoms with Crippen molar-refractivity contribution in [1.29, 1.82) is 0 Å². The van der Waals surface area contributed by atoms with E-state index in [0.29, 0.717) is 19.7 Å². The van der Waals surface area contributed by atoms with Gasteiger partial charge in [-0.25, -0.2) is 4.39 Å². The minimum absolute atomic E-state index is 0.0651. The maximum atomic E-state index is 13.4. The summed E-state index contributed by atoms with van der Waals surface area (Å²) >= 11 is 0. The van der Waals surface area contributed by atoms with Crippen molar-refractivity contribution in [3.63, 3.8) is 0 Å². The molecule has 0 radical (unpaired) electrons. The highest BCUT2D eigenvalue weighted by Crippen LogP contribution is 2.10. The van der Waals surface area contributed by atoms with Gasteiger partial charge in [0.2, 0.25) is 0 Å². The van der Waals surface area contributed by atoms with Crippen LogP contribution in [-0.2, 0) is 4.74 Å². The van der Waals surface area contributed by atoms with Gasteiger partial charge >= 0.3 is 0 Å². The van der Waals surface area contributed by atoms with Crippen molar-refractivity contribution in [1.82, 2.24) is 4.90 Å². The minimum Gasteiger partial charge on any atom is -0.394 e. The number of aliphatic hydroxyl groups excluding tert-OH is 1. The maximum absolute atomic E-state index is 13.4. The first kappa shape index (κ1) is 13.1. The van der Waals surface area contributed by atoms with Crippen LogP contribution >= 0.6 is 0 Å². The number of nitrogens with zero attached hydrogens (tertiary/aromatic N) is 1. The monoisotopic (exact) mass is 253 g/mol. The molecular formula is C13H16FNO3. The number of benzene rings is 1. The first-order valence-corrected chi connectivity index (χ1v) is 5.93. The number of carbonyl (C=O) groups is 1. The fourth-order valence-corrected chi connectivity index (χ4v) is 2.01. The SMILES string of the molecule is O=C(CN1CCOC(CO)C1)c1ccccc1F. The Labute approximate surface area is 105 Å². The van der Waals surface area contributed by atoms with Crippen LogP contribution in [0.3, 0.4) is 0 Å². The molecule has 1 aliphatic rings. The largest absolute Gasteiger partial charge is 0.394 e. The lowest BCUT2D eigenvalue weighted by Crippen LogP contribution is -2.46. The maximum Gasteiger partial charge on any atom is 0.179 e. The average molecular weight is 253 g/mol. The van der Waals surface area contributed by atoms with Gasteiger partial charge in [-0.3, -0.25) is 9.69 Å². The summed E-state index contributed by atoms with van der Waals surface area (Å²) in [5.41, 5.74) is 0.115. The van der Waals surface area contributed by atoms with Crippen LogP contribution in [0.15, 0.2) is 24.3 Å². The van der Waals surface area contributed by atoms with Crippen molar-refractivity contribution < 1.29 is 19.0 Å². The van der Waals surface area contributed by atoms with Crippen molar-refractivity contribution >= 4 is 5.78 Å². The van der Waals surface area contributed by atoms with Crippen molar-refractivity contribution in [2.75, 3.05) is 32.8 Å². The van der Waals surface area contributed by atoms with Crippen LogP contribution in [0.4, 0.5) is 4.39 Å². The molecule has 0 amide bonds. The fraction of sp³-hybridized carbons (Fsp3) is 0.462. The Morgan fingerprint density at radius 2 is 2.28 bits per heavy atom. The lowest BCUT2D eigenvalue weighted by molar-refractivity contribution is -0.0503. The predicted molar refractivity (Wildman–Crippen MR) is 64.0 cm³/mol. The lowest BCUT2D eigenvalue weighted by atomic mass is 10.1. The highest BCUT2D eigenvalue weighted by atomic mass is 19.1. The molecule has 1 heterocycles. The summed E-state index contributed by atoms with van der Waals surface area (Å²) in [6.07, 6.45) is -0.257. The Morgan fingerprint density at radius 1 is 1.50 bits per heavy atom. The summed E-state index contributed by atoms with van der Waals surface area (Å²) in [7, 11) is 0. The van der Waals surface area contributed by atoms with Crippen molar-refractivity contribution in [3.8, 4) is 0 Å². The Bertz CT molecular complexity index is 424. The van der Waals surface area contributed by atoms with Crippen LogP contribution < -0.4 is 0 Å². The smallest absolute Gasteiger partial charge is 0.179 e. The summed E-state index contributed by atoms with van der Waals surface area (Å²) in [5.74, 6) is -0.735. The van der Waals surface area contributed by atoms with Crippen LogP contribution in [-0.4, -0.2) is 54.7 Å². The molecule has 1 aliphatic heterocycles. The van der Waals surface area contributed by atoms with Crippen LogP contribution in [0, 0.1) is 5.82 Å². The van der Waals surface area contributed by atoms with Gasteiger partial charge in [-0.1, -0.05) is 12.1 Å². The van der Waals surface area contributed by atoms with E-state index < -0.39 is 5.82 Å². The molecule has 98 valence electrons. The van der Waals surface area contributed by atoms with Gasteiger partial charge in [-0.15, -0.1) is 0 Å². The van der Waals surface area contributed by atoms with E-state index >= 15 is 0 Å². The van der Waals surface area contributed by atoms with Gasteiger partial charge < -0.3 is 9.84 Å². The number of rotatable bonds is 4. The second-order valence-corrected chi connectivity index (χ2v) is 4.31. The lowest BCUT2D eigenvalue weighted by Gasteiger charge is -2.31. The molecule has 1 saturated heterocycles. The molecule has 0 aliphatic carbocycles. The number of ether oxygens (including phenoxy) is 1. The number of aliphatic hydroxyl groups is 1. The molecule has 1 fully saturated rings. The zero-order chi connectivity index (χ0) is 13.0. The standard InChI is InChI=1S/C13H16FNO3/c14-12-4-2-1-3-11(12)13(17)8-15-5-6-18-10(7-15)9-16/h1-4,10,16H,5-9H2. The molecule has 1 atom stereocenters. The average Bonchev–Trinajstić information content (AvgIpc) is 2.39. The van der Waals surface area contributed by atoms with Gasteiger partial charge in [-0.2, -0.15) is 0 Å². The van der Waals surface area contributed by atoms with E-state index in [1.54, 1.807) is 12.1 Å². The van der Waals surface area contributed by atoms with Crippen LogP contribution in [0.2, 0.25) is 0 Å². The van der Waals surface area contributed by atoms with Crippen molar-refractivity contribution in [2.45, 2.75) is 6.10 Å². The zero-order valence-electron chi connectivity index (χ0n) is 10.0. The summed E-state index contributed by atoms with van der Waals surface area (Å²) in [4.78, 5) is 13.8. The van der Waals surface area contributed by atoms with E-state index in [2.05, 4.69) is 0 Å². The van der Waals surface area contributed by atoms with Crippen molar-refractivity contribution in [3.05, 3.63) is 35.6 Å². The van der Waals surface area contributed by atoms with Crippen LogP contribution in [0.25, 0.3) is 0 Å². The van der Waals surface area contributed by atoms with Gasteiger partial charge in [0.15, 0.2) is 5.78 Å². The topological polar surface area (TPSA) is 49.8 Å². The van der Waals surface area contributed by atoms with E-state index in [4.69, 9.17) is 9.84 Å². The molecule has 5 heteroatoms. The van der Waals surface area contributed by atoms with E-state index in [9.17, 15) is 9.18 Å². The molecule has 4 nitrogen and oxygen atoms in total. The Balaban J connectivity index is 1.97. The fourth-order valence-electron chi connectivity index (χ4n) is 2.01. The highest BCUT2D eigenvalue weighted by Gasteiger charge is 2.22. The minimum atomic E-state index is -0.491. The Kier molecular flexibility index (Phi) is 4.41. The molecule has 18 heavy (non-hydrogen) atoms. The second kappa shape index (κ2) is 6.04. The molecule has 0 aromatic heterocycles. The third-order valence-corrected chi connectivity index (χ3v) is 2.97. The number of hydrogen-bond donors (Lipinski definition) is 1. The predicted octanol–water partition coefficient (Wildman–Crippen LogP) is 0.701. The number of Topliss-reactive ketones (excluding diaryl/α,β-unsaturated/α-hetero) is 1. The number of halogens is 1. The molecule has 2 rings (SSSR count). The molecule has 1 unspecified atom stereocenters. The zero-order valence-corrected chi connectivity index (χ0v) is 10.0.